The number of nitrogens with zero attached hydrogens (tertiary/aromatic N) is 1. The van der Waals surface area contributed by atoms with Crippen molar-refractivity contribution >= 4 is 35.3 Å². The minimum absolute atomic E-state index is 0.0953. The summed E-state index contributed by atoms with van der Waals surface area (Å²) in [7, 11) is 3.32. The summed E-state index contributed by atoms with van der Waals surface area (Å²) in [5, 5.41) is 2.96. The predicted octanol–water partition coefficient (Wildman–Crippen LogP) is 4.73. The Morgan fingerprint density at radius 3 is 2.65 bits per heavy atom. The van der Waals surface area contributed by atoms with Crippen molar-refractivity contribution in [3.05, 3.63) is 52.4 Å². The first-order valence-electron chi connectivity index (χ1n) is 10.3. The second-order valence-corrected chi connectivity index (χ2v) is 8.37. The van der Waals surface area contributed by atoms with E-state index in [0.717, 1.165) is 22.6 Å². The van der Waals surface area contributed by atoms with Crippen molar-refractivity contribution in [2.75, 3.05) is 25.7 Å². The van der Waals surface area contributed by atoms with Crippen molar-refractivity contribution in [1.82, 2.24) is 5.32 Å². The SMILES string of the molecule is CCOc1ccc(C=C2Sc3ccc(C(=O)NC(C)CC)cc3N(C)C2=O)cc1OC. The number of carbonyl (C=O) groups excluding carboxylic acids is 2. The van der Waals surface area contributed by atoms with Gasteiger partial charge in [-0.05, 0) is 62.2 Å². The fourth-order valence-electron chi connectivity index (χ4n) is 3.14. The van der Waals surface area contributed by atoms with Crippen LogP contribution in [0.15, 0.2) is 46.2 Å². The minimum atomic E-state index is -0.133. The van der Waals surface area contributed by atoms with Gasteiger partial charge in [0.1, 0.15) is 0 Å². The zero-order valence-corrected chi connectivity index (χ0v) is 19.3. The number of fused-ring (bicyclic) bond motifs is 1. The fraction of sp³-hybridized carbons (Fsp3) is 0.333. The summed E-state index contributed by atoms with van der Waals surface area (Å²) in [6.07, 6.45) is 2.70. The summed E-state index contributed by atoms with van der Waals surface area (Å²) in [6.45, 7) is 6.45. The number of rotatable bonds is 7. The van der Waals surface area contributed by atoms with Crippen LogP contribution in [0.4, 0.5) is 5.69 Å². The van der Waals surface area contributed by atoms with Crippen LogP contribution in [0, 0.1) is 0 Å². The van der Waals surface area contributed by atoms with E-state index in [2.05, 4.69) is 5.32 Å². The van der Waals surface area contributed by atoms with Crippen LogP contribution in [-0.2, 0) is 4.79 Å². The van der Waals surface area contributed by atoms with Gasteiger partial charge in [-0.3, -0.25) is 9.59 Å². The van der Waals surface area contributed by atoms with Crippen LogP contribution in [0.1, 0.15) is 43.1 Å². The average Bonchev–Trinajstić information content (AvgIpc) is 2.78. The number of thioether (sulfide) groups is 1. The van der Waals surface area contributed by atoms with Crippen LogP contribution >= 0.6 is 11.8 Å². The molecule has 164 valence electrons. The van der Waals surface area contributed by atoms with Gasteiger partial charge in [0, 0.05) is 23.5 Å². The molecule has 7 heteroatoms. The fourth-order valence-corrected chi connectivity index (χ4v) is 4.24. The smallest absolute Gasteiger partial charge is 0.264 e. The van der Waals surface area contributed by atoms with Gasteiger partial charge >= 0.3 is 0 Å². The number of likely N-dealkylation sites (N-methyl/N-ethyl adjacent to an activating group) is 1. The first kappa shape index (κ1) is 22.7. The molecule has 0 radical (unpaired) electrons. The van der Waals surface area contributed by atoms with Crippen molar-refractivity contribution in [2.24, 2.45) is 0 Å². The third-order valence-electron chi connectivity index (χ3n) is 5.09. The number of carbonyl (C=O) groups is 2. The Labute approximate surface area is 187 Å². The summed E-state index contributed by atoms with van der Waals surface area (Å²) in [6, 6.07) is 11.1. The summed E-state index contributed by atoms with van der Waals surface area (Å²) >= 11 is 1.40. The molecule has 0 bridgehead atoms. The van der Waals surface area contributed by atoms with E-state index in [0.29, 0.717) is 28.6 Å². The molecule has 3 rings (SSSR count). The molecule has 1 N–H and O–H groups in total. The first-order valence-corrected chi connectivity index (χ1v) is 11.1. The maximum Gasteiger partial charge on any atom is 0.264 e. The van der Waals surface area contributed by atoms with Crippen LogP contribution < -0.4 is 19.7 Å². The highest BCUT2D eigenvalue weighted by Gasteiger charge is 2.27. The number of amides is 2. The zero-order valence-electron chi connectivity index (χ0n) is 18.5. The molecule has 0 aromatic heterocycles. The number of anilines is 1. The number of hydrogen-bond acceptors (Lipinski definition) is 5. The molecule has 1 aliphatic heterocycles. The molecule has 2 aromatic carbocycles. The number of benzene rings is 2. The van der Waals surface area contributed by atoms with Crippen molar-refractivity contribution in [2.45, 2.75) is 38.1 Å². The first-order chi connectivity index (χ1) is 14.9. The average molecular weight is 441 g/mol. The molecule has 6 nitrogen and oxygen atoms in total. The summed E-state index contributed by atoms with van der Waals surface area (Å²) in [4.78, 5) is 28.6. The van der Waals surface area contributed by atoms with E-state index in [9.17, 15) is 9.59 Å². The molecule has 1 aliphatic rings. The Morgan fingerprint density at radius 1 is 1.19 bits per heavy atom. The molecule has 0 spiro atoms. The molecule has 0 saturated carbocycles. The molecule has 0 saturated heterocycles. The molecule has 31 heavy (non-hydrogen) atoms. The van der Waals surface area contributed by atoms with Crippen LogP contribution in [0.25, 0.3) is 6.08 Å². The van der Waals surface area contributed by atoms with E-state index in [1.807, 2.05) is 51.1 Å². The minimum Gasteiger partial charge on any atom is -0.493 e. The lowest BCUT2D eigenvalue weighted by Crippen LogP contribution is -2.33. The van der Waals surface area contributed by atoms with Crippen LogP contribution in [0.5, 0.6) is 11.5 Å². The van der Waals surface area contributed by atoms with Gasteiger partial charge in [0.15, 0.2) is 11.5 Å². The quantitative estimate of drug-likeness (QED) is 0.631. The van der Waals surface area contributed by atoms with Gasteiger partial charge in [-0.25, -0.2) is 0 Å². The molecule has 1 atom stereocenters. The van der Waals surface area contributed by atoms with Crippen LogP contribution in [-0.4, -0.2) is 38.6 Å². The Morgan fingerprint density at radius 2 is 1.97 bits per heavy atom. The lowest BCUT2D eigenvalue weighted by Gasteiger charge is -2.27. The Kier molecular flexibility index (Phi) is 7.28. The normalized spacial score (nSPS) is 15.5. The maximum absolute atomic E-state index is 13.0. The van der Waals surface area contributed by atoms with E-state index in [-0.39, 0.29) is 17.9 Å². The zero-order chi connectivity index (χ0) is 22.5. The Balaban J connectivity index is 1.88. The van der Waals surface area contributed by atoms with E-state index >= 15 is 0 Å². The monoisotopic (exact) mass is 440 g/mol. The topological polar surface area (TPSA) is 67.9 Å². The molecule has 0 aliphatic carbocycles. The lowest BCUT2D eigenvalue weighted by molar-refractivity contribution is -0.114. The summed E-state index contributed by atoms with van der Waals surface area (Å²) in [5.74, 6) is 1.03. The van der Waals surface area contributed by atoms with Crippen LogP contribution in [0.3, 0.4) is 0 Å². The van der Waals surface area contributed by atoms with Crippen molar-refractivity contribution in [1.29, 1.82) is 0 Å². The third kappa shape index (κ3) is 5.05. The van der Waals surface area contributed by atoms with Gasteiger partial charge in [-0.2, -0.15) is 0 Å². The van der Waals surface area contributed by atoms with Crippen molar-refractivity contribution < 1.29 is 19.1 Å². The van der Waals surface area contributed by atoms with Gasteiger partial charge in [-0.15, -0.1) is 0 Å². The maximum atomic E-state index is 13.0. The molecular weight excluding hydrogens is 412 g/mol. The van der Waals surface area contributed by atoms with E-state index in [4.69, 9.17) is 9.47 Å². The highest BCUT2D eigenvalue weighted by Crippen LogP contribution is 2.42. The van der Waals surface area contributed by atoms with Crippen LogP contribution in [0.2, 0.25) is 0 Å². The Hall–Kier alpha value is -2.93. The largest absolute Gasteiger partial charge is 0.493 e. The second-order valence-electron chi connectivity index (χ2n) is 7.28. The van der Waals surface area contributed by atoms with E-state index < -0.39 is 0 Å². The summed E-state index contributed by atoms with van der Waals surface area (Å²) < 4.78 is 11.0. The highest BCUT2D eigenvalue weighted by atomic mass is 32.2. The van der Waals surface area contributed by atoms with Gasteiger partial charge in [-0.1, -0.05) is 24.8 Å². The lowest BCUT2D eigenvalue weighted by atomic mass is 10.1. The number of ether oxygens (including phenoxy) is 2. The second kappa shape index (κ2) is 9.92. The molecular formula is C24H28N2O4S. The molecule has 1 heterocycles. The number of hydrogen-bond donors (Lipinski definition) is 1. The number of methoxy groups -OCH3 is 1. The van der Waals surface area contributed by atoms with E-state index in [1.54, 1.807) is 31.2 Å². The van der Waals surface area contributed by atoms with Gasteiger partial charge in [0.05, 0.1) is 24.3 Å². The van der Waals surface area contributed by atoms with Gasteiger partial charge in [0.25, 0.3) is 11.8 Å². The number of nitrogens with one attached hydrogen (secondary N) is 1. The van der Waals surface area contributed by atoms with Gasteiger partial charge < -0.3 is 19.7 Å². The predicted molar refractivity (Wildman–Crippen MR) is 125 cm³/mol. The molecule has 2 amide bonds. The molecule has 0 fully saturated rings. The standard InChI is InChI=1S/C24H28N2O4S/c1-6-15(3)25-23(27)17-9-11-21-18(14-17)26(4)24(28)22(31-21)13-16-8-10-19(30-7-2)20(12-16)29-5/h8-15H,6-7H2,1-5H3,(H,25,27). The summed E-state index contributed by atoms with van der Waals surface area (Å²) in [5.41, 5.74) is 2.12. The van der Waals surface area contributed by atoms with Crippen molar-refractivity contribution in [3.63, 3.8) is 0 Å². The Bertz CT molecular complexity index is 1020. The van der Waals surface area contributed by atoms with Gasteiger partial charge in [0.2, 0.25) is 0 Å². The third-order valence-corrected chi connectivity index (χ3v) is 6.17. The molecule has 1 unspecified atom stereocenters. The van der Waals surface area contributed by atoms with Crippen molar-refractivity contribution in [3.8, 4) is 11.5 Å². The highest BCUT2D eigenvalue weighted by molar-refractivity contribution is 8.04. The van der Waals surface area contributed by atoms with E-state index in [1.165, 1.54) is 11.8 Å². The molecule has 2 aromatic rings.